The number of pyridine rings is 1. The number of nitrogens with zero attached hydrogens (tertiary/aromatic N) is 5. The highest BCUT2D eigenvalue weighted by Crippen LogP contribution is 2.17. The molecule has 0 atom stereocenters. The Hall–Kier alpha value is -3.02. The minimum atomic E-state index is -0.0808. The third kappa shape index (κ3) is 3.15. The molecule has 128 valence electrons. The average molecular weight is 335 g/mol. The molecule has 0 spiro atoms. The second-order valence-electron chi connectivity index (χ2n) is 5.84. The van der Waals surface area contributed by atoms with Crippen molar-refractivity contribution in [2.24, 2.45) is 0 Å². The Bertz CT molecular complexity index is 934. The minimum absolute atomic E-state index is 0.0808. The highest BCUT2D eigenvalue weighted by Gasteiger charge is 2.14. The summed E-state index contributed by atoms with van der Waals surface area (Å²) in [5, 5.41) is 8.77. The highest BCUT2D eigenvalue weighted by atomic mass is 16.1. The largest absolute Gasteiger partial charge is 0.289 e. The van der Waals surface area contributed by atoms with Crippen LogP contribution in [0.1, 0.15) is 39.9 Å². The summed E-state index contributed by atoms with van der Waals surface area (Å²) in [6.45, 7) is 8.69. The molecule has 0 bridgehead atoms. The SMILES string of the molecule is CCn1nc(C)c(/C=C/C(=O)c2cnn(-c3ccccn3)c2C)c1C. The monoisotopic (exact) mass is 335 g/mol. The maximum Gasteiger partial charge on any atom is 0.189 e. The van der Waals surface area contributed by atoms with Crippen LogP contribution in [0.2, 0.25) is 0 Å². The zero-order chi connectivity index (χ0) is 18.0. The summed E-state index contributed by atoms with van der Waals surface area (Å²) >= 11 is 0. The quantitative estimate of drug-likeness (QED) is 0.530. The maximum absolute atomic E-state index is 12.6. The summed E-state index contributed by atoms with van der Waals surface area (Å²) in [5.74, 6) is 0.613. The van der Waals surface area contributed by atoms with Crippen molar-refractivity contribution in [3.05, 3.63) is 64.9 Å². The Balaban J connectivity index is 1.88. The van der Waals surface area contributed by atoms with E-state index in [4.69, 9.17) is 0 Å². The summed E-state index contributed by atoms with van der Waals surface area (Å²) in [6.07, 6.45) is 6.72. The fourth-order valence-corrected chi connectivity index (χ4v) is 2.87. The van der Waals surface area contributed by atoms with Crippen molar-refractivity contribution in [1.82, 2.24) is 24.5 Å². The number of carbonyl (C=O) groups is 1. The van der Waals surface area contributed by atoms with Gasteiger partial charge in [0.1, 0.15) is 0 Å². The van der Waals surface area contributed by atoms with E-state index in [-0.39, 0.29) is 5.78 Å². The molecule has 0 unspecified atom stereocenters. The normalized spacial score (nSPS) is 11.4. The second kappa shape index (κ2) is 6.84. The lowest BCUT2D eigenvalue weighted by molar-refractivity contribution is 0.104. The Morgan fingerprint density at radius 2 is 2.00 bits per heavy atom. The van der Waals surface area contributed by atoms with Crippen molar-refractivity contribution in [3.8, 4) is 5.82 Å². The molecule has 3 aromatic rings. The predicted molar refractivity (Wildman–Crippen MR) is 96.8 cm³/mol. The van der Waals surface area contributed by atoms with Crippen molar-refractivity contribution in [1.29, 1.82) is 0 Å². The Morgan fingerprint density at radius 1 is 1.20 bits per heavy atom. The lowest BCUT2D eigenvalue weighted by Gasteiger charge is -2.02. The van der Waals surface area contributed by atoms with Gasteiger partial charge in [-0.25, -0.2) is 9.67 Å². The molecule has 0 amide bonds. The molecule has 0 aromatic carbocycles. The van der Waals surface area contributed by atoms with Crippen molar-refractivity contribution in [2.45, 2.75) is 34.2 Å². The molecular formula is C19H21N5O. The van der Waals surface area contributed by atoms with Gasteiger partial charge >= 0.3 is 0 Å². The van der Waals surface area contributed by atoms with Gasteiger partial charge in [0, 0.05) is 24.0 Å². The van der Waals surface area contributed by atoms with E-state index in [1.165, 1.54) is 0 Å². The first kappa shape index (κ1) is 16.8. The zero-order valence-corrected chi connectivity index (χ0v) is 14.9. The van der Waals surface area contributed by atoms with Crippen molar-refractivity contribution in [3.63, 3.8) is 0 Å². The van der Waals surface area contributed by atoms with Crippen LogP contribution in [0, 0.1) is 20.8 Å². The third-order valence-electron chi connectivity index (χ3n) is 4.28. The fraction of sp³-hybridized carbons (Fsp3) is 0.263. The molecule has 0 aliphatic carbocycles. The topological polar surface area (TPSA) is 65.6 Å². The van der Waals surface area contributed by atoms with Crippen LogP contribution in [0.4, 0.5) is 0 Å². The van der Waals surface area contributed by atoms with Crippen LogP contribution >= 0.6 is 0 Å². The first-order valence-electron chi connectivity index (χ1n) is 8.25. The fourth-order valence-electron chi connectivity index (χ4n) is 2.87. The standard InChI is InChI=1S/C19H21N5O/c1-5-23-14(3)16(13(2)22-23)9-10-18(25)17-12-21-24(15(17)4)19-8-6-7-11-20-19/h6-12H,5H2,1-4H3/b10-9+. The van der Waals surface area contributed by atoms with E-state index >= 15 is 0 Å². The third-order valence-corrected chi connectivity index (χ3v) is 4.28. The number of rotatable bonds is 5. The second-order valence-corrected chi connectivity index (χ2v) is 5.84. The van der Waals surface area contributed by atoms with Crippen LogP contribution < -0.4 is 0 Å². The molecule has 6 nitrogen and oxygen atoms in total. The summed E-state index contributed by atoms with van der Waals surface area (Å²) in [4.78, 5) is 16.9. The summed E-state index contributed by atoms with van der Waals surface area (Å²) in [7, 11) is 0. The molecule has 0 radical (unpaired) electrons. The predicted octanol–water partition coefficient (Wildman–Crippen LogP) is 3.31. The van der Waals surface area contributed by atoms with E-state index < -0.39 is 0 Å². The van der Waals surface area contributed by atoms with Crippen LogP contribution in [-0.2, 0) is 6.54 Å². The van der Waals surface area contributed by atoms with Crippen LogP contribution in [0.3, 0.4) is 0 Å². The summed E-state index contributed by atoms with van der Waals surface area (Å²) < 4.78 is 3.61. The van der Waals surface area contributed by atoms with Crippen LogP contribution in [0.15, 0.2) is 36.7 Å². The molecule has 0 saturated heterocycles. The molecule has 0 aliphatic heterocycles. The van der Waals surface area contributed by atoms with E-state index in [0.29, 0.717) is 11.4 Å². The number of carbonyl (C=O) groups excluding carboxylic acids is 1. The van der Waals surface area contributed by atoms with E-state index in [9.17, 15) is 4.79 Å². The Morgan fingerprint density at radius 3 is 2.64 bits per heavy atom. The van der Waals surface area contributed by atoms with E-state index in [0.717, 1.165) is 29.2 Å². The minimum Gasteiger partial charge on any atom is -0.289 e. The molecule has 0 saturated carbocycles. The Labute approximate surface area is 146 Å². The van der Waals surface area contributed by atoms with Crippen LogP contribution in [0.25, 0.3) is 11.9 Å². The van der Waals surface area contributed by atoms with Gasteiger partial charge in [-0.15, -0.1) is 0 Å². The molecule has 3 heterocycles. The smallest absolute Gasteiger partial charge is 0.189 e. The maximum atomic E-state index is 12.6. The molecule has 3 aromatic heterocycles. The van der Waals surface area contributed by atoms with Gasteiger partial charge in [0.05, 0.1) is 23.1 Å². The molecular weight excluding hydrogens is 314 g/mol. The lowest BCUT2D eigenvalue weighted by atomic mass is 10.1. The number of ketones is 1. The average Bonchev–Trinajstić information content (AvgIpc) is 3.13. The van der Waals surface area contributed by atoms with Crippen molar-refractivity contribution >= 4 is 11.9 Å². The number of hydrogen-bond donors (Lipinski definition) is 0. The van der Waals surface area contributed by atoms with E-state index in [1.807, 2.05) is 56.7 Å². The van der Waals surface area contributed by atoms with E-state index in [1.54, 1.807) is 23.2 Å². The molecule has 25 heavy (non-hydrogen) atoms. The van der Waals surface area contributed by atoms with Crippen molar-refractivity contribution in [2.75, 3.05) is 0 Å². The van der Waals surface area contributed by atoms with Gasteiger partial charge in [-0.1, -0.05) is 6.07 Å². The van der Waals surface area contributed by atoms with E-state index in [2.05, 4.69) is 15.2 Å². The van der Waals surface area contributed by atoms with Crippen LogP contribution in [0.5, 0.6) is 0 Å². The summed E-state index contributed by atoms with van der Waals surface area (Å²) in [5.41, 5.74) is 4.31. The Kier molecular flexibility index (Phi) is 4.61. The zero-order valence-electron chi connectivity index (χ0n) is 14.9. The van der Waals surface area contributed by atoms with Gasteiger partial charge in [0.2, 0.25) is 0 Å². The van der Waals surface area contributed by atoms with Gasteiger partial charge in [-0.05, 0) is 52.0 Å². The summed E-state index contributed by atoms with van der Waals surface area (Å²) in [6, 6.07) is 5.59. The number of hydrogen-bond acceptors (Lipinski definition) is 4. The molecule has 0 aliphatic rings. The number of allylic oxidation sites excluding steroid dienone is 1. The van der Waals surface area contributed by atoms with Gasteiger partial charge < -0.3 is 0 Å². The molecule has 6 heteroatoms. The molecule has 3 rings (SSSR count). The number of aromatic nitrogens is 5. The van der Waals surface area contributed by atoms with Gasteiger partial charge in [0.15, 0.2) is 11.6 Å². The van der Waals surface area contributed by atoms with Gasteiger partial charge in [0.25, 0.3) is 0 Å². The number of aryl methyl sites for hydroxylation is 2. The first-order chi connectivity index (χ1) is 12.0. The van der Waals surface area contributed by atoms with Crippen LogP contribution in [-0.4, -0.2) is 30.3 Å². The molecule has 0 N–H and O–H groups in total. The first-order valence-corrected chi connectivity index (χ1v) is 8.25. The molecule has 0 fully saturated rings. The van der Waals surface area contributed by atoms with Gasteiger partial charge in [-0.3, -0.25) is 9.48 Å². The lowest BCUT2D eigenvalue weighted by Crippen LogP contribution is -2.03. The highest BCUT2D eigenvalue weighted by molar-refractivity contribution is 6.07. The van der Waals surface area contributed by atoms with Crippen molar-refractivity contribution < 1.29 is 4.79 Å². The van der Waals surface area contributed by atoms with Gasteiger partial charge in [-0.2, -0.15) is 10.2 Å².